The van der Waals surface area contributed by atoms with Crippen molar-refractivity contribution in [3.8, 4) is 0 Å². The van der Waals surface area contributed by atoms with Crippen molar-refractivity contribution in [1.29, 1.82) is 0 Å². The summed E-state index contributed by atoms with van der Waals surface area (Å²) in [6, 6.07) is 0. The molecule has 11 heteroatoms. The van der Waals surface area contributed by atoms with Crippen LogP contribution in [0.3, 0.4) is 0 Å². The van der Waals surface area contributed by atoms with Gasteiger partial charge in [-0.3, -0.25) is 0 Å². The van der Waals surface area contributed by atoms with Gasteiger partial charge in [0.25, 0.3) is 0 Å². The average Bonchev–Trinajstić information content (AvgIpc) is 2.82. The van der Waals surface area contributed by atoms with Gasteiger partial charge in [0.2, 0.25) is 0 Å². The van der Waals surface area contributed by atoms with E-state index >= 15 is 0 Å². The molecule has 210 valence electrons. The van der Waals surface area contributed by atoms with Crippen molar-refractivity contribution in [3.63, 3.8) is 0 Å². The van der Waals surface area contributed by atoms with Crippen LogP contribution in [0.5, 0.6) is 0 Å². The first-order valence-electron chi connectivity index (χ1n) is 13.6. The van der Waals surface area contributed by atoms with Crippen molar-refractivity contribution in [2.24, 2.45) is 0 Å². The van der Waals surface area contributed by atoms with E-state index in [1.807, 2.05) is 41.5 Å². The molecule has 0 bridgehead atoms. The van der Waals surface area contributed by atoms with Crippen LogP contribution in [0.2, 0.25) is 0 Å². The molecule has 0 aromatic carbocycles. The number of hydrogen-bond donors (Lipinski definition) is 0. The van der Waals surface area contributed by atoms with Gasteiger partial charge in [0.05, 0.1) is 0 Å². The second kappa shape index (κ2) is 19.0. The molecule has 0 aromatic rings. The zero-order valence-electron chi connectivity index (χ0n) is 24.5. The Balaban J connectivity index is 6.03. The summed E-state index contributed by atoms with van der Waals surface area (Å²) in [7, 11) is -7.01. The van der Waals surface area contributed by atoms with Gasteiger partial charge in [-0.2, -0.15) is 0 Å². The monoisotopic (exact) mass is 574 g/mol. The van der Waals surface area contributed by atoms with E-state index in [2.05, 4.69) is 41.5 Å². The van der Waals surface area contributed by atoms with Crippen molar-refractivity contribution in [3.05, 3.63) is 0 Å². The molecule has 0 amide bonds. The van der Waals surface area contributed by atoms with E-state index in [1.165, 1.54) is 0 Å². The second-order valence-corrected chi connectivity index (χ2v) is 15.3. The van der Waals surface area contributed by atoms with Gasteiger partial charge in [-0.25, -0.2) is 0 Å². The molecule has 0 radical (unpaired) electrons. The van der Waals surface area contributed by atoms with Gasteiger partial charge < -0.3 is 0 Å². The third kappa shape index (κ3) is 14.5. The van der Waals surface area contributed by atoms with Crippen LogP contribution in [-0.4, -0.2) is 54.7 Å². The first-order valence-corrected chi connectivity index (χ1v) is 18.2. The molecule has 35 heavy (non-hydrogen) atoms. The minimum absolute atomic E-state index is 0.0764. The summed E-state index contributed by atoms with van der Waals surface area (Å²) in [4.78, 5) is 0. The quantitative estimate of drug-likeness (QED) is 0.132. The van der Waals surface area contributed by atoms with Crippen LogP contribution in [0.15, 0.2) is 0 Å². The Hall–Kier alpha value is 0.828. The van der Waals surface area contributed by atoms with Crippen LogP contribution < -0.4 is 0 Å². The first kappa shape index (κ1) is 35.8. The summed E-state index contributed by atoms with van der Waals surface area (Å²) < 4.78 is 51.1. The molecule has 0 aromatic heterocycles. The fourth-order valence-corrected chi connectivity index (χ4v) is 10.3. The zero-order chi connectivity index (χ0) is 27.1. The van der Waals surface area contributed by atoms with Gasteiger partial charge >= 0.3 is 229 Å². The summed E-state index contributed by atoms with van der Waals surface area (Å²) in [5.74, 6) is 0. The molecule has 0 spiro atoms. The Morgan fingerprint density at radius 3 is 0.714 bits per heavy atom. The van der Waals surface area contributed by atoms with Crippen LogP contribution in [0.25, 0.3) is 0 Å². The second-order valence-electron chi connectivity index (χ2n) is 9.31. The predicted octanol–water partition coefficient (Wildman–Crippen LogP) is 6.69. The van der Waals surface area contributed by atoms with Crippen molar-refractivity contribution in [2.75, 3.05) is 0 Å². The van der Waals surface area contributed by atoms with Crippen molar-refractivity contribution >= 4 is 18.1 Å². The minimum atomic E-state index is -3.51. The summed E-state index contributed by atoms with van der Waals surface area (Å²) >= 11 is -1.57. The molecule has 0 aliphatic carbocycles. The molecule has 0 heterocycles. The van der Waals surface area contributed by atoms with E-state index < -0.39 is 38.0 Å². The van der Waals surface area contributed by atoms with Crippen LogP contribution >= 0.6 is 0 Å². The summed E-state index contributed by atoms with van der Waals surface area (Å²) in [6.07, 6.45) is 4.44. The van der Waals surface area contributed by atoms with E-state index in [4.69, 9.17) is 32.6 Å². The Labute approximate surface area is 228 Å². The summed E-state index contributed by atoms with van der Waals surface area (Å²) in [6.45, 7) is 24.5. The van der Waals surface area contributed by atoms with Crippen molar-refractivity contribution < 1.29 is 52.5 Å². The average molecular weight is 575 g/mol. The Bertz CT molecular complexity index is 427. The molecule has 0 aliphatic rings. The third-order valence-corrected chi connectivity index (χ3v) is 13.8. The van der Waals surface area contributed by atoms with Crippen LogP contribution in [0, 0.1) is 0 Å². The fourth-order valence-electron chi connectivity index (χ4n) is 2.41. The van der Waals surface area contributed by atoms with E-state index in [0.29, 0.717) is 0 Å². The normalized spacial score (nSPS) is 20.8. The van der Waals surface area contributed by atoms with Crippen molar-refractivity contribution in [2.45, 2.75) is 158 Å². The first-order chi connectivity index (χ1) is 16.4. The van der Waals surface area contributed by atoms with Gasteiger partial charge in [-0.1, -0.05) is 0 Å². The Morgan fingerprint density at radius 1 is 0.400 bits per heavy atom. The topological polar surface area (TPSA) is 73.8 Å². The number of hydrogen-bond acceptors (Lipinski definition) is 8. The SMILES string of the molecule is CCC(C)O[Si]([O][Ti][O][Si](OC(C)CC)(OC(C)CC)OC(C)CC)(OC(C)CC)OC(C)CC. The summed E-state index contributed by atoms with van der Waals surface area (Å²) in [5.41, 5.74) is 0. The molecule has 0 saturated carbocycles. The Kier molecular flexibility index (Phi) is 19.4. The van der Waals surface area contributed by atoms with E-state index in [-0.39, 0.29) is 36.6 Å². The molecule has 0 fully saturated rings. The van der Waals surface area contributed by atoms with Crippen LogP contribution in [0.1, 0.15) is 122 Å². The van der Waals surface area contributed by atoms with Gasteiger partial charge in [0.1, 0.15) is 0 Å². The summed E-state index contributed by atoms with van der Waals surface area (Å²) in [5, 5.41) is 0. The van der Waals surface area contributed by atoms with Gasteiger partial charge in [-0.15, -0.1) is 0 Å². The van der Waals surface area contributed by atoms with Crippen LogP contribution in [0.4, 0.5) is 0 Å². The molecule has 0 aliphatic heterocycles. The van der Waals surface area contributed by atoms with Crippen molar-refractivity contribution in [1.82, 2.24) is 0 Å². The molecule has 0 rings (SSSR count). The number of rotatable bonds is 22. The predicted molar refractivity (Wildman–Crippen MR) is 139 cm³/mol. The van der Waals surface area contributed by atoms with E-state index in [1.54, 1.807) is 0 Å². The van der Waals surface area contributed by atoms with E-state index in [9.17, 15) is 0 Å². The standard InChI is InChI=1S/2C12H27O4Si.Ti/c2*1-7-10(4)14-17(13,15-11(5)8-2)16-12(6)9-3;/h2*10-12H,7-9H2,1-6H3;/q2*-1;+2. The fraction of sp³-hybridized carbons (Fsp3) is 1.00. The molecular formula is C24H54O8Si2Ti. The van der Waals surface area contributed by atoms with Gasteiger partial charge in [-0.05, 0) is 0 Å². The Morgan fingerprint density at radius 2 is 0.571 bits per heavy atom. The molecule has 0 N–H and O–H groups in total. The maximum absolute atomic E-state index is 6.42. The van der Waals surface area contributed by atoms with Gasteiger partial charge in [0.15, 0.2) is 0 Å². The zero-order valence-corrected chi connectivity index (χ0v) is 28.0. The molecular weight excluding hydrogens is 520 g/mol. The maximum atomic E-state index is 6.42. The molecule has 0 saturated heterocycles. The molecule has 6 unspecified atom stereocenters. The molecule has 6 atom stereocenters. The van der Waals surface area contributed by atoms with E-state index in [0.717, 1.165) is 38.5 Å². The van der Waals surface area contributed by atoms with Crippen LogP contribution in [-0.2, 0) is 52.5 Å². The van der Waals surface area contributed by atoms with Gasteiger partial charge in [0, 0.05) is 0 Å². The molecule has 8 nitrogen and oxygen atoms in total. The third-order valence-electron chi connectivity index (χ3n) is 5.86.